The topological polar surface area (TPSA) is 92.5 Å². The summed E-state index contributed by atoms with van der Waals surface area (Å²) in [5, 5.41) is 0. The van der Waals surface area contributed by atoms with Crippen LogP contribution < -0.4 is 10.5 Å². The van der Waals surface area contributed by atoms with E-state index in [1.165, 1.54) is 0 Å². The Bertz CT molecular complexity index is 425. The van der Waals surface area contributed by atoms with Gasteiger partial charge in [-0.05, 0) is 32.1 Å². The van der Waals surface area contributed by atoms with Crippen LogP contribution in [0.4, 0.5) is 0 Å². The third-order valence-corrected chi connectivity index (χ3v) is 4.75. The molecule has 1 saturated heterocycles. The Kier molecular flexibility index (Phi) is 7.62. The lowest BCUT2D eigenvalue weighted by atomic mass is 9.95. The number of nitrogens with two attached hydrogens (primary N) is 1. The standard InChI is InChI=1S/C14H29N3O3S/c1-3-6-12(11-15)14(18)17-10-5-4-7-13(17)8-9-16-21(2,19)20/h12-13,16H,3-11,15H2,1-2H3. The second kappa shape index (κ2) is 8.70. The number of hydrogen-bond acceptors (Lipinski definition) is 4. The molecule has 2 unspecified atom stereocenters. The van der Waals surface area contributed by atoms with Gasteiger partial charge in [0.25, 0.3) is 0 Å². The lowest BCUT2D eigenvalue weighted by molar-refractivity contribution is -0.139. The zero-order chi connectivity index (χ0) is 15.9. The molecule has 6 nitrogen and oxygen atoms in total. The Balaban J connectivity index is 2.61. The van der Waals surface area contributed by atoms with Gasteiger partial charge in [0, 0.05) is 25.7 Å². The van der Waals surface area contributed by atoms with E-state index >= 15 is 0 Å². The Morgan fingerprint density at radius 2 is 2.14 bits per heavy atom. The summed E-state index contributed by atoms with van der Waals surface area (Å²) in [6.07, 6.45) is 6.65. The highest BCUT2D eigenvalue weighted by atomic mass is 32.2. The second-order valence-electron chi connectivity index (χ2n) is 5.86. The van der Waals surface area contributed by atoms with E-state index in [2.05, 4.69) is 11.6 Å². The fraction of sp³-hybridized carbons (Fsp3) is 0.929. The van der Waals surface area contributed by atoms with Crippen LogP contribution in [0.1, 0.15) is 45.4 Å². The molecule has 1 amide bonds. The smallest absolute Gasteiger partial charge is 0.227 e. The van der Waals surface area contributed by atoms with Crippen molar-refractivity contribution in [2.75, 3.05) is 25.9 Å². The van der Waals surface area contributed by atoms with E-state index in [0.29, 0.717) is 19.5 Å². The molecular weight excluding hydrogens is 290 g/mol. The van der Waals surface area contributed by atoms with Gasteiger partial charge in [-0.25, -0.2) is 13.1 Å². The molecule has 2 atom stereocenters. The number of nitrogens with zero attached hydrogens (tertiary/aromatic N) is 1. The van der Waals surface area contributed by atoms with Crippen molar-refractivity contribution in [3.63, 3.8) is 0 Å². The molecule has 1 aliphatic heterocycles. The molecular formula is C14H29N3O3S. The van der Waals surface area contributed by atoms with Crippen LogP contribution in [0.15, 0.2) is 0 Å². The van der Waals surface area contributed by atoms with Gasteiger partial charge >= 0.3 is 0 Å². The number of rotatable bonds is 8. The monoisotopic (exact) mass is 319 g/mol. The molecule has 1 fully saturated rings. The number of likely N-dealkylation sites (tertiary alicyclic amines) is 1. The minimum absolute atomic E-state index is 0.0986. The van der Waals surface area contributed by atoms with Crippen molar-refractivity contribution < 1.29 is 13.2 Å². The molecule has 0 aromatic carbocycles. The Morgan fingerprint density at radius 3 is 2.71 bits per heavy atom. The molecule has 0 bridgehead atoms. The summed E-state index contributed by atoms with van der Waals surface area (Å²) in [4.78, 5) is 14.5. The van der Waals surface area contributed by atoms with Crippen molar-refractivity contribution in [3.05, 3.63) is 0 Å². The minimum atomic E-state index is -3.17. The molecule has 0 saturated carbocycles. The summed E-state index contributed by atoms with van der Waals surface area (Å²) >= 11 is 0. The molecule has 1 aliphatic rings. The fourth-order valence-corrected chi connectivity index (χ4v) is 3.42. The molecule has 21 heavy (non-hydrogen) atoms. The average Bonchev–Trinajstić information content (AvgIpc) is 2.43. The lowest BCUT2D eigenvalue weighted by Crippen LogP contribution is -2.48. The predicted molar refractivity (Wildman–Crippen MR) is 84.3 cm³/mol. The maximum absolute atomic E-state index is 12.6. The molecule has 1 rings (SSSR count). The summed E-state index contributed by atoms with van der Waals surface area (Å²) in [6, 6.07) is 0.131. The van der Waals surface area contributed by atoms with E-state index in [9.17, 15) is 13.2 Å². The molecule has 0 radical (unpaired) electrons. The minimum Gasteiger partial charge on any atom is -0.339 e. The highest BCUT2D eigenvalue weighted by molar-refractivity contribution is 7.88. The quantitative estimate of drug-likeness (QED) is 0.688. The summed E-state index contributed by atoms with van der Waals surface area (Å²) in [5.41, 5.74) is 5.73. The fourth-order valence-electron chi connectivity index (χ4n) is 2.93. The van der Waals surface area contributed by atoms with Gasteiger partial charge in [0.05, 0.1) is 12.2 Å². The number of carbonyl (C=O) groups is 1. The molecule has 1 heterocycles. The van der Waals surface area contributed by atoms with Gasteiger partial charge in [0.1, 0.15) is 0 Å². The Labute approximate surface area is 128 Å². The Hall–Kier alpha value is -0.660. The molecule has 124 valence electrons. The number of sulfonamides is 1. The van der Waals surface area contributed by atoms with Crippen LogP contribution in [0.25, 0.3) is 0 Å². The van der Waals surface area contributed by atoms with E-state index in [4.69, 9.17) is 5.73 Å². The third kappa shape index (κ3) is 6.32. The van der Waals surface area contributed by atoms with Crippen LogP contribution in [-0.2, 0) is 14.8 Å². The summed E-state index contributed by atoms with van der Waals surface area (Å²) in [6.45, 7) is 3.59. The van der Waals surface area contributed by atoms with Gasteiger partial charge < -0.3 is 10.6 Å². The molecule has 0 spiro atoms. The zero-order valence-corrected chi connectivity index (χ0v) is 14.0. The number of hydrogen-bond donors (Lipinski definition) is 2. The molecule has 0 aromatic heterocycles. The van der Waals surface area contributed by atoms with Crippen molar-refractivity contribution in [3.8, 4) is 0 Å². The Morgan fingerprint density at radius 1 is 1.43 bits per heavy atom. The van der Waals surface area contributed by atoms with E-state index in [1.54, 1.807) is 0 Å². The lowest BCUT2D eigenvalue weighted by Gasteiger charge is -2.38. The second-order valence-corrected chi connectivity index (χ2v) is 7.69. The molecule has 7 heteroatoms. The largest absolute Gasteiger partial charge is 0.339 e. The average molecular weight is 319 g/mol. The van der Waals surface area contributed by atoms with Crippen LogP contribution in [0.3, 0.4) is 0 Å². The highest BCUT2D eigenvalue weighted by Crippen LogP contribution is 2.22. The molecule has 0 aliphatic carbocycles. The van der Waals surface area contributed by atoms with Crippen molar-refractivity contribution in [1.82, 2.24) is 9.62 Å². The van der Waals surface area contributed by atoms with Gasteiger partial charge in [-0.2, -0.15) is 0 Å². The van der Waals surface area contributed by atoms with Gasteiger partial charge in [-0.15, -0.1) is 0 Å². The van der Waals surface area contributed by atoms with E-state index in [1.807, 2.05) is 4.90 Å². The first-order valence-corrected chi connectivity index (χ1v) is 9.73. The predicted octanol–water partition coefficient (Wildman–Crippen LogP) is 0.682. The number of carbonyl (C=O) groups excluding carboxylic acids is 1. The van der Waals surface area contributed by atoms with Crippen molar-refractivity contribution in [2.45, 2.75) is 51.5 Å². The van der Waals surface area contributed by atoms with E-state index in [0.717, 1.165) is 44.9 Å². The normalized spacial score (nSPS) is 21.3. The number of amides is 1. The molecule has 3 N–H and O–H groups in total. The third-order valence-electron chi connectivity index (χ3n) is 4.02. The van der Waals surface area contributed by atoms with E-state index in [-0.39, 0.29) is 17.9 Å². The summed E-state index contributed by atoms with van der Waals surface area (Å²) in [5.74, 6) is 0.0434. The summed E-state index contributed by atoms with van der Waals surface area (Å²) < 4.78 is 24.7. The first-order valence-electron chi connectivity index (χ1n) is 7.84. The highest BCUT2D eigenvalue weighted by Gasteiger charge is 2.30. The van der Waals surface area contributed by atoms with Crippen molar-refractivity contribution in [1.29, 1.82) is 0 Å². The van der Waals surface area contributed by atoms with Gasteiger partial charge in [0.15, 0.2) is 0 Å². The first kappa shape index (κ1) is 18.4. The molecule has 0 aromatic rings. The van der Waals surface area contributed by atoms with Crippen molar-refractivity contribution >= 4 is 15.9 Å². The van der Waals surface area contributed by atoms with Crippen LogP contribution in [0.5, 0.6) is 0 Å². The maximum atomic E-state index is 12.6. The van der Waals surface area contributed by atoms with Crippen LogP contribution in [0, 0.1) is 5.92 Å². The van der Waals surface area contributed by atoms with Gasteiger partial charge in [-0.3, -0.25) is 4.79 Å². The SMILES string of the molecule is CCCC(CN)C(=O)N1CCCCC1CCNS(C)(=O)=O. The van der Waals surface area contributed by atoms with Gasteiger partial charge in [-0.1, -0.05) is 13.3 Å². The maximum Gasteiger partial charge on any atom is 0.227 e. The van der Waals surface area contributed by atoms with Crippen molar-refractivity contribution in [2.24, 2.45) is 11.7 Å². The van der Waals surface area contributed by atoms with E-state index < -0.39 is 10.0 Å². The zero-order valence-electron chi connectivity index (χ0n) is 13.2. The number of piperidine rings is 1. The van der Waals surface area contributed by atoms with Crippen LogP contribution in [-0.4, -0.2) is 51.2 Å². The van der Waals surface area contributed by atoms with Gasteiger partial charge in [0.2, 0.25) is 15.9 Å². The number of nitrogens with one attached hydrogen (secondary N) is 1. The van der Waals surface area contributed by atoms with Crippen LogP contribution in [0.2, 0.25) is 0 Å². The summed E-state index contributed by atoms with van der Waals surface area (Å²) in [7, 11) is -3.17. The first-order chi connectivity index (χ1) is 9.89. The van der Waals surface area contributed by atoms with Crippen LogP contribution >= 0.6 is 0 Å².